The highest BCUT2D eigenvalue weighted by Crippen LogP contribution is 2.09. The van der Waals surface area contributed by atoms with E-state index < -0.39 is 5.97 Å². The lowest BCUT2D eigenvalue weighted by molar-refractivity contribution is -0.131. The van der Waals surface area contributed by atoms with Crippen molar-refractivity contribution in [3.05, 3.63) is 47.1 Å². The van der Waals surface area contributed by atoms with Gasteiger partial charge in [0.05, 0.1) is 6.61 Å². The number of rotatable bonds is 8. The molecule has 0 atom stereocenters. The van der Waals surface area contributed by atoms with Gasteiger partial charge in [-0.3, -0.25) is 0 Å². The number of methoxy groups -OCH3 is 1. The van der Waals surface area contributed by atoms with Crippen molar-refractivity contribution in [2.45, 2.75) is 33.6 Å². The van der Waals surface area contributed by atoms with Gasteiger partial charge in [-0.05, 0) is 44.8 Å². The van der Waals surface area contributed by atoms with Crippen LogP contribution in [0.4, 0.5) is 0 Å². The van der Waals surface area contributed by atoms with Crippen molar-refractivity contribution in [2.75, 3.05) is 13.7 Å². The maximum Gasteiger partial charge on any atom is 0.328 e. The van der Waals surface area contributed by atoms with E-state index in [2.05, 4.69) is 19.9 Å². The summed E-state index contributed by atoms with van der Waals surface area (Å²) in [4.78, 5) is 10.5. The summed E-state index contributed by atoms with van der Waals surface area (Å²) in [5.74, 6) is -0.924. The predicted octanol–water partition coefficient (Wildman–Crippen LogP) is 3.89. The Hall–Kier alpha value is -1.61. The van der Waals surface area contributed by atoms with Crippen molar-refractivity contribution in [2.24, 2.45) is 0 Å². The van der Waals surface area contributed by atoms with Crippen LogP contribution in [0.1, 0.15) is 33.6 Å². The van der Waals surface area contributed by atoms with Gasteiger partial charge in [-0.15, -0.1) is 0 Å². The van der Waals surface area contributed by atoms with Crippen LogP contribution in [0.5, 0.6) is 0 Å². The van der Waals surface area contributed by atoms with E-state index in [1.54, 1.807) is 20.1 Å². The molecule has 19 heavy (non-hydrogen) atoms. The molecule has 0 aliphatic carbocycles. The molecule has 0 aliphatic rings. The van der Waals surface area contributed by atoms with Crippen LogP contribution in [0.15, 0.2) is 47.1 Å². The zero-order chi connectivity index (χ0) is 14.7. The number of carbonyl (C=O) groups is 1. The largest absolute Gasteiger partial charge is 0.478 e. The second-order valence-corrected chi connectivity index (χ2v) is 4.66. The number of aliphatic carboxylic acids is 1. The van der Waals surface area contributed by atoms with Crippen LogP contribution in [0.3, 0.4) is 0 Å². The highest BCUT2D eigenvalue weighted by molar-refractivity contribution is 5.81. The summed E-state index contributed by atoms with van der Waals surface area (Å²) < 4.78 is 5.15. The van der Waals surface area contributed by atoms with Crippen LogP contribution in [0.2, 0.25) is 0 Å². The molecular formula is C16H24O3. The lowest BCUT2D eigenvalue weighted by atomic mass is 10.1. The Labute approximate surface area is 116 Å². The summed E-state index contributed by atoms with van der Waals surface area (Å²) >= 11 is 0. The van der Waals surface area contributed by atoms with Crippen LogP contribution in [-0.4, -0.2) is 24.8 Å². The van der Waals surface area contributed by atoms with E-state index in [-0.39, 0.29) is 0 Å². The third-order valence-corrected chi connectivity index (χ3v) is 2.39. The molecule has 0 radical (unpaired) electrons. The fourth-order valence-corrected chi connectivity index (χ4v) is 1.51. The summed E-state index contributed by atoms with van der Waals surface area (Å²) in [5, 5.41) is 8.59. The van der Waals surface area contributed by atoms with Crippen molar-refractivity contribution in [3.63, 3.8) is 0 Å². The molecule has 0 fully saturated rings. The fourth-order valence-electron chi connectivity index (χ4n) is 1.51. The first-order valence-electron chi connectivity index (χ1n) is 6.35. The van der Waals surface area contributed by atoms with E-state index in [0.29, 0.717) is 12.2 Å². The van der Waals surface area contributed by atoms with Gasteiger partial charge < -0.3 is 9.84 Å². The smallest absolute Gasteiger partial charge is 0.328 e. The summed E-state index contributed by atoms with van der Waals surface area (Å²) in [6.45, 7) is 6.53. The molecule has 0 aromatic heterocycles. The van der Waals surface area contributed by atoms with Crippen molar-refractivity contribution in [1.82, 2.24) is 0 Å². The molecule has 0 unspecified atom stereocenters. The second-order valence-electron chi connectivity index (χ2n) is 4.66. The zero-order valence-electron chi connectivity index (χ0n) is 12.3. The van der Waals surface area contributed by atoms with Crippen LogP contribution in [0.25, 0.3) is 0 Å². The lowest BCUT2D eigenvalue weighted by Gasteiger charge is -2.03. The van der Waals surface area contributed by atoms with E-state index in [0.717, 1.165) is 12.8 Å². The molecule has 0 bridgehead atoms. The van der Waals surface area contributed by atoms with Crippen LogP contribution in [-0.2, 0) is 9.53 Å². The highest BCUT2D eigenvalue weighted by Gasteiger charge is 1.95. The Morgan fingerprint density at radius 3 is 2.47 bits per heavy atom. The first-order valence-corrected chi connectivity index (χ1v) is 6.35. The molecule has 0 aliphatic heterocycles. The van der Waals surface area contributed by atoms with Gasteiger partial charge in [0.2, 0.25) is 0 Å². The molecular weight excluding hydrogens is 240 g/mol. The van der Waals surface area contributed by atoms with Crippen molar-refractivity contribution in [1.29, 1.82) is 0 Å². The van der Waals surface area contributed by atoms with Crippen molar-refractivity contribution in [3.8, 4) is 0 Å². The number of carboxylic acid groups (broad SMARTS) is 1. The number of allylic oxidation sites excluding steroid dienone is 6. The SMILES string of the molecule is COCC(=CC=CC(C)=CC(=O)O)CCC=C(C)C. The molecule has 0 spiro atoms. The average Bonchev–Trinajstić information content (AvgIpc) is 2.27. The fraction of sp³-hybridized carbons (Fsp3) is 0.438. The van der Waals surface area contributed by atoms with E-state index in [1.165, 1.54) is 17.2 Å². The highest BCUT2D eigenvalue weighted by atomic mass is 16.5. The van der Waals surface area contributed by atoms with Gasteiger partial charge in [-0.2, -0.15) is 0 Å². The third-order valence-electron chi connectivity index (χ3n) is 2.39. The molecule has 0 saturated carbocycles. The molecule has 3 nitrogen and oxygen atoms in total. The van der Waals surface area contributed by atoms with Crippen LogP contribution < -0.4 is 0 Å². The number of ether oxygens (including phenoxy) is 1. The summed E-state index contributed by atoms with van der Waals surface area (Å²) in [6, 6.07) is 0. The minimum Gasteiger partial charge on any atom is -0.478 e. The summed E-state index contributed by atoms with van der Waals surface area (Å²) in [6.07, 6.45) is 11.0. The molecule has 0 aromatic carbocycles. The first kappa shape index (κ1) is 17.4. The normalized spacial score (nSPS) is 12.8. The van der Waals surface area contributed by atoms with E-state index >= 15 is 0 Å². The molecule has 106 valence electrons. The molecule has 0 rings (SSSR count). The van der Waals surface area contributed by atoms with Gasteiger partial charge in [0.1, 0.15) is 0 Å². The van der Waals surface area contributed by atoms with Gasteiger partial charge in [0.25, 0.3) is 0 Å². The Kier molecular flexibility index (Phi) is 9.45. The van der Waals surface area contributed by atoms with Gasteiger partial charge >= 0.3 is 5.97 Å². The number of hydrogen-bond acceptors (Lipinski definition) is 2. The Morgan fingerprint density at radius 2 is 1.95 bits per heavy atom. The minimum atomic E-state index is -0.924. The van der Waals surface area contributed by atoms with Crippen LogP contribution >= 0.6 is 0 Å². The van der Waals surface area contributed by atoms with E-state index in [1.807, 2.05) is 12.2 Å². The minimum absolute atomic E-state index is 0.600. The Bertz CT molecular complexity index is 394. The van der Waals surface area contributed by atoms with Gasteiger partial charge in [0, 0.05) is 13.2 Å². The van der Waals surface area contributed by atoms with Crippen LogP contribution in [0, 0.1) is 0 Å². The maximum atomic E-state index is 10.5. The second kappa shape index (κ2) is 10.3. The first-order chi connectivity index (χ1) is 8.95. The standard InChI is InChI=1S/C16H24O3/c1-13(2)7-5-9-15(12-19-4)10-6-8-14(3)11-16(17)18/h6-8,10-11H,5,9,12H2,1-4H3,(H,17,18). The molecule has 0 heterocycles. The van der Waals surface area contributed by atoms with Gasteiger partial charge in [-0.25, -0.2) is 4.79 Å². The molecule has 0 amide bonds. The zero-order valence-corrected chi connectivity index (χ0v) is 12.3. The van der Waals surface area contributed by atoms with Crippen molar-refractivity contribution < 1.29 is 14.6 Å². The molecule has 1 N–H and O–H groups in total. The van der Waals surface area contributed by atoms with E-state index in [9.17, 15) is 4.79 Å². The van der Waals surface area contributed by atoms with Gasteiger partial charge in [0.15, 0.2) is 0 Å². The van der Waals surface area contributed by atoms with Gasteiger partial charge in [-0.1, -0.05) is 29.9 Å². The van der Waals surface area contributed by atoms with Crippen molar-refractivity contribution >= 4 is 5.97 Å². The monoisotopic (exact) mass is 264 g/mol. The average molecular weight is 264 g/mol. The molecule has 0 saturated heterocycles. The van der Waals surface area contributed by atoms with E-state index in [4.69, 9.17) is 9.84 Å². The Balaban J connectivity index is 4.52. The molecule has 3 heteroatoms. The number of hydrogen-bond donors (Lipinski definition) is 1. The predicted molar refractivity (Wildman–Crippen MR) is 79.2 cm³/mol. The summed E-state index contributed by atoms with van der Waals surface area (Å²) in [7, 11) is 1.67. The third kappa shape index (κ3) is 11.2. The molecule has 0 aromatic rings. The maximum absolute atomic E-state index is 10.5. The quantitative estimate of drug-likeness (QED) is 0.411. The Morgan fingerprint density at radius 1 is 1.26 bits per heavy atom. The lowest BCUT2D eigenvalue weighted by Crippen LogP contribution is -1.94. The summed E-state index contributed by atoms with van der Waals surface area (Å²) in [5.41, 5.74) is 3.22. The topological polar surface area (TPSA) is 46.5 Å². The number of carboxylic acids is 1.